The molecule has 1 aliphatic heterocycles. The van der Waals surface area contributed by atoms with Crippen LogP contribution < -0.4 is 5.32 Å². The summed E-state index contributed by atoms with van der Waals surface area (Å²) in [6.07, 6.45) is 2.21. The summed E-state index contributed by atoms with van der Waals surface area (Å²) in [4.78, 5) is 12.3. The number of carbonyl (C=O) groups is 1. The number of nitrogens with zero attached hydrogens (tertiary/aromatic N) is 4. The smallest absolute Gasteiger partial charge is 0.231 e. The highest BCUT2D eigenvalue weighted by atomic mass is 32.2. The van der Waals surface area contributed by atoms with E-state index in [1.807, 2.05) is 18.4 Å². The SMILES string of the molecule is C=CCn1c(SCC(=O)N[C@](C)(C#N)C(C)C)nnc1[C@@H]1CCS(=O)(=O)C1. The molecule has 0 aliphatic carbocycles. The Morgan fingerprint density at radius 1 is 1.56 bits per heavy atom. The van der Waals surface area contributed by atoms with Gasteiger partial charge >= 0.3 is 0 Å². The molecule has 1 N–H and O–H groups in total. The zero-order valence-electron chi connectivity index (χ0n) is 15.8. The first-order chi connectivity index (χ1) is 12.6. The van der Waals surface area contributed by atoms with E-state index in [9.17, 15) is 18.5 Å². The summed E-state index contributed by atoms with van der Waals surface area (Å²) in [7, 11) is -3.03. The van der Waals surface area contributed by atoms with E-state index in [0.717, 1.165) is 0 Å². The molecule has 1 aromatic rings. The van der Waals surface area contributed by atoms with Crippen LogP contribution in [0, 0.1) is 17.2 Å². The van der Waals surface area contributed by atoms with Crippen molar-refractivity contribution < 1.29 is 13.2 Å². The Morgan fingerprint density at radius 2 is 2.26 bits per heavy atom. The lowest BCUT2D eigenvalue weighted by atomic mass is 9.90. The molecule has 148 valence electrons. The van der Waals surface area contributed by atoms with E-state index in [2.05, 4.69) is 28.2 Å². The molecule has 0 bridgehead atoms. The van der Waals surface area contributed by atoms with Crippen LogP contribution >= 0.6 is 11.8 Å². The van der Waals surface area contributed by atoms with Gasteiger partial charge in [0.2, 0.25) is 5.91 Å². The predicted molar refractivity (Wildman–Crippen MR) is 104 cm³/mol. The van der Waals surface area contributed by atoms with Crippen molar-refractivity contribution in [1.82, 2.24) is 20.1 Å². The summed E-state index contributed by atoms with van der Waals surface area (Å²) in [5.74, 6) is 0.444. The van der Waals surface area contributed by atoms with Crippen LogP contribution in [0.5, 0.6) is 0 Å². The van der Waals surface area contributed by atoms with Gasteiger partial charge in [-0.05, 0) is 19.3 Å². The molecule has 2 heterocycles. The van der Waals surface area contributed by atoms with Gasteiger partial charge in [-0.25, -0.2) is 8.42 Å². The Morgan fingerprint density at radius 3 is 2.78 bits per heavy atom. The average Bonchev–Trinajstić information content (AvgIpc) is 3.15. The number of sulfone groups is 1. The highest BCUT2D eigenvalue weighted by Crippen LogP contribution is 2.30. The van der Waals surface area contributed by atoms with Crippen molar-refractivity contribution in [1.29, 1.82) is 5.26 Å². The maximum Gasteiger partial charge on any atom is 0.231 e. The Bertz CT molecular complexity index is 856. The minimum Gasteiger partial charge on any atom is -0.337 e. The Hall–Kier alpha value is -1.86. The van der Waals surface area contributed by atoms with Crippen molar-refractivity contribution in [2.24, 2.45) is 5.92 Å². The van der Waals surface area contributed by atoms with E-state index in [-0.39, 0.29) is 35.0 Å². The fourth-order valence-corrected chi connectivity index (χ4v) is 5.26. The molecule has 0 unspecified atom stereocenters. The molecule has 2 atom stereocenters. The van der Waals surface area contributed by atoms with Gasteiger partial charge in [-0.1, -0.05) is 31.7 Å². The number of nitrogens with one attached hydrogen (secondary N) is 1. The summed E-state index contributed by atoms with van der Waals surface area (Å²) in [5.41, 5.74) is -0.935. The van der Waals surface area contributed by atoms with Gasteiger partial charge in [-0.15, -0.1) is 16.8 Å². The molecule has 8 nitrogen and oxygen atoms in total. The minimum absolute atomic E-state index is 0.0308. The van der Waals surface area contributed by atoms with Crippen LogP contribution in [0.3, 0.4) is 0 Å². The van der Waals surface area contributed by atoms with Crippen LogP contribution in [0.4, 0.5) is 0 Å². The van der Waals surface area contributed by atoms with Crippen molar-refractivity contribution in [3.8, 4) is 6.07 Å². The minimum atomic E-state index is -3.03. The third-order valence-electron chi connectivity index (χ3n) is 4.77. The number of aromatic nitrogens is 3. The van der Waals surface area contributed by atoms with Crippen molar-refractivity contribution in [3.05, 3.63) is 18.5 Å². The number of amides is 1. The zero-order valence-corrected chi connectivity index (χ0v) is 17.4. The lowest BCUT2D eigenvalue weighted by molar-refractivity contribution is -0.120. The molecule has 0 saturated carbocycles. The maximum absolute atomic E-state index is 12.3. The van der Waals surface area contributed by atoms with Crippen LogP contribution in [0.2, 0.25) is 0 Å². The number of thioether (sulfide) groups is 1. The largest absolute Gasteiger partial charge is 0.337 e. The molecule has 1 aliphatic rings. The first kappa shape index (κ1) is 21.4. The van der Waals surface area contributed by atoms with E-state index in [1.165, 1.54) is 11.8 Å². The second-order valence-electron chi connectivity index (χ2n) is 7.15. The maximum atomic E-state index is 12.3. The molecule has 2 rings (SSSR count). The van der Waals surface area contributed by atoms with Crippen molar-refractivity contribution in [2.45, 2.75) is 50.4 Å². The van der Waals surface area contributed by atoms with E-state index < -0.39 is 15.4 Å². The second kappa shape index (κ2) is 8.44. The van der Waals surface area contributed by atoms with Crippen molar-refractivity contribution in [3.63, 3.8) is 0 Å². The summed E-state index contributed by atoms with van der Waals surface area (Å²) in [6, 6.07) is 2.14. The molecule has 0 spiro atoms. The first-order valence-corrected chi connectivity index (χ1v) is 11.5. The van der Waals surface area contributed by atoms with Gasteiger partial charge in [0, 0.05) is 12.5 Å². The predicted octanol–water partition coefficient (Wildman–Crippen LogP) is 1.51. The third-order valence-corrected chi connectivity index (χ3v) is 7.51. The highest BCUT2D eigenvalue weighted by molar-refractivity contribution is 7.99. The van der Waals surface area contributed by atoms with Gasteiger partial charge in [0.25, 0.3) is 0 Å². The number of carbonyl (C=O) groups excluding carboxylic acids is 1. The molecule has 1 saturated heterocycles. The fraction of sp³-hybridized carbons (Fsp3) is 0.647. The van der Waals surface area contributed by atoms with E-state index >= 15 is 0 Å². The van der Waals surface area contributed by atoms with Crippen LogP contribution in [0.1, 0.15) is 38.9 Å². The van der Waals surface area contributed by atoms with E-state index in [0.29, 0.717) is 23.9 Å². The van der Waals surface area contributed by atoms with E-state index in [4.69, 9.17) is 0 Å². The molecule has 27 heavy (non-hydrogen) atoms. The van der Waals surface area contributed by atoms with Gasteiger partial charge in [0.05, 0.1) is 23.3 Å². The van der Waals surface area contributed by atoms with Gasteiger partial charge in [0.15, 0.2) is 15.0 Å². The van der Waals surface area contributed by atoms with Gasteiger partial charge < -0.3 is 9.88 Å². The summed E-state index contributed by atoms with van der Waals surface area (Å²) in [6.45, 7) is 9.61. The molecule has 10 heteroatoms. The number of hydrogen-bond acceptors (Lipinski definition) is 7. The number of allylic oxidation sites excluding steroid dienone is 1. The molecule has 1 aromatic heterocycles. The number of rotatable bonds is 8. The average molecular weight is 412 g/mol. The van der Waals surface area contributed by atoms with E-state index in [1.54, 1.807) is 13.0 Å². The molecule has 1 amide bonds. The molecule has 1 fully saturated rings. The Balaban J connectivity index is 2.10. The van der Waals surface area contributed by atoms with Crippen LogP contribution in [-0.2, 0) is 21.2 Å². The topological polar surface area (TPSA) is 118 Å². The standard InChI is InChI=1S/C17H25N5O3S2/c1-5-7-22-15(13-6-8-27(24,25)10-13)20-21-16(22)26-9-14(23)19-17(4,11-18)12(2)3/h5,12-13H,1,6-10H2,2-4H3,(H,19,23)/t13-,17-/m1/s1. The summed E-state index contributed by atoms with van der Waals surface area (Å²) in [5, 5.41) is 20.9. The lowest BCUT2D eigenvalue weighted by Gasteiger charge is -2.27. The quantitative estimate of drug-likeness (QED) is 0.509. The van der Waals surface area contributed by atoms with Gasteiger partial charge in [-0.2, -0.15) is 5.26 Å². The summed E-state index contributed by atoms with van der Waals surface area (Å²) < 4.78 is 25.3. The zero-order chi connectivity index (χ0) is 20.2. The summed E-state index contributed by atoms with van der Waals surface area (Å²) >= 11 is 1.21. The fourth-order valence-electron chi connectivity index (χ4n) is 2.77. The molecule has 0 radical (unpaired) electrons. The molecule has 0 aromatic carbocycles. The first-order valence-electron chi connectivity index (χ1n) is 8.71. The Labute approximate surface area is 164 Å². The van der Waals surface area contributed by atoms with Crippen LogP contribution in [0.25, 0.3) is 0 Å². The number of nitriles is 1. The van der Waals surface area contributed by atoms with Gasteiger partial charge in [0.1, 0.15) is 11.4 Å². The lowest BCUT2D eigenvalue weighted by Crippen LogP contribution is -2.49. The van der Waals surface area contributed by atoms with Crippen LogP contribution in [0.15, 0.2) is 17.8 Å². The highest BCUT2D eigenvalue weighted by Gasteiger charge is 2.33. The molecular weight excluding hydrogens is 386 g/mol. The Kier molecular flexibility index (Phi) is 6.70. The number of hydrogen-bond donors (Lipinski definition) is 1. The van der Waals surface area contributed by atoms with Crippen molar-refractivity contribution in [2.75, 3.05) is 17.3 Å². The third kappa shape index (κ3) is 5.11. The van der Waals surface area contributed by atoms with Gasteiger partial charge in [-0.3, -0.25) is 4.79 Å². The van der Waals surface area contributed by atoms with Crippen LogP contribution in [-0.4, -0.2) is 51.9 Å². The second-order valence-corrected chi connectivity index (χ2v) is 10.3. The monoisotopic (exact) mass is 411 g/mol. The molecular formula is C17H25N5O3S2. The van der Waals surface area contributed by atoms with Crippen molar-refractivity contribution >= 4 is 27.5 Å². The normalized spacial score (nSPS) is 20.8.